The summed E-state index contributed by atoms with van der Waals surface area (Å²) in [5.41, 5.74) is 6.85. The second kappa shape index (κ2) is 10.4. The molecule has 4 aromatic rings. The Morgan fingerprint density at radius 3 is 2.36 bits per heavy atom. The zero-order chi connectivity index (χ0) is 25.1. The highest BCUT2D eigenvalue weighted by molar-refractivity contribution is 7.99. The largest absolute Gasteiger partial charge is 0.449 e. The van der Waals surface area contributed by atoms with Crippen molar-refractivity contribution in [2.24, 2.45) is 0 Å². The second-order valence-corrected chi connectivity index (χ2v) is 9.70. The van der Waals surface area contributed by atoms with E-state index in [4.69, 9.17) is 4.74 Å². The highest BCUT2D eigenvalue weighted by Gasteiger charge is 2.29. The number of aldehydes is 1. The van der Waals surface area contributed by atoms with Gasteiger partial charge in [0.1, 0.15) is 12.4 Å². The first-order chi connectivity index (χ1) is 17.5. The van der Waals surface area contributed by atoms with Gasteiger partial charge < -0.3 is 10.1 Å². The number of benzene rings is 4. The molecule has 36 heavy (non-hydrogen) atoms. The van der Waals surface area contributed by atoms with Gasteiger partial charge in [0.15, 0.2) is 6.29 Å². The molecule has 6 heteroatoms. The summed E-state index contributed by atoms with van der Waals surface area (Å²) in [6, 6.07) is 26.4. The van der Waals surface area contributed by atoms with Crippen molar-refractivity contribution in [2.75, 3.05) is 6.61 Å². The van der Waals surface area contributed by atoms with Gasteiger partial charge in [-0.2, -0.15) is 0 Å². The van der Waals surface area contributed by atoms with Crippen LogP contribution in [0.2, 0.25) is 0 Å². The van der Waals surface area contributed by atoms with Gasteiger partial charge in [0.2, 0.25) is 0 Å². The minimum Gasteiger partial charge on any atom is -0.449 e. The first-order valence-electron chi connectivity index (χ1n) is 11.6. The topological polar surface area (TPSA) is 55.4 Å². The lowest BCUT2D eigenvalue weighted by Gasteiger charge is -2.16. The van der Waals surface area contributed by atoms with Crippen molar-refractivity contribution >= 4 is 24.1 Å². The lowest BCUT2D eigenvalue weighted by Crippen LogP contribution is -2.26. The number of halogens is 1. The van der Waals surface area contributed by atoms with Crippen LogP contribution in [0.25, 0.3) is 11.1 Å². The predicted octanol–water partition coefficient (Wildman–Crippen LogP) is 7.14. The molecule has 1 aliphatic rings. The van der Waals surface area contributed by atoms with Crippen molar-refractivity contribution in [1.29, 1.82) is 0 Å². The Hall–Kier alpha value is -3.90. The average Bonchev–Trinajstić information content (AvgIpc) is 3.22. The van der Waals surface area contributed by atoms with Crippen molar-refractivity contribution in [2.45, 2.75) is 29.2 Å². The summed E-state index contributed by atoms with van der Waals surface area (Å²) >= 11 is 1.38. The number of hydrogen-bond acceptors (Lipinski definition) is 4. The Morgan fingerprint density at radius 1 is 0.972 bits per heavy atom. The van der Waals surface area contributed by atoms with Gasteiger partial charge >= 0.3 is 6.09 Å². The van der Waals surface area contributed by atoms with Gasteiger partial charge in [-0.25, -0.2) is 9.18 Å². The van der Waals surface area contributed by atoms with Crippen molar-refractivity contribution in [1.82, 2.24) is 5.32 Å². The van der Waals surface area contributed by atoms with E-state index in [1.807, 2.05) is 49.4 Å². The summed E-state index contributed by atoms with van der Waals surface area (Å²) in [6.07, 6.45) is 0.155. The average molecular weight is 498 g/mol. The number of rotatable bonds is 7. The molecule has 0 aromatic heterocycles. The van der Waals surface area contributed by atoms with Crippen LogP contribution < -0.4 is 5.32 Å². The molecule has 0 spiro atoms. The van der Waals surface area contributed by atoms with Crippen LogP contribution in [0.5, 0.6) is 0 Å². The predicted molar refractivity (Wildman–Crippen MR) is 139 cm³/mol. The minimum atomic E-state index is -0.496. The lowest BCUT2D eigenvalue weighted by molar-refractivity contribution is 0.112. The number of carbonyl (C=O) groups excluding carboxylic acids is 2. The Bertz CT molecular complexity index is 1410. The number of alkyl carbamates (subject to hydrolysis) is 1. The third-order valence-corrected chi connectivity index (χ3v) is 7.75. The number of nitrogens with one attached hydrogen (secondary N) is 1. The van der Waals surface area contributed by atoms with Gasteiger partial charge in [-0.15, -0.1) is 0 Å². The first-order valence-corrected chi connectivity index (χ1v) is 12.5. The molecule has 0 unspecified atom stereocenters. The van der Waals surface area contributed by atoms with Crippen molar-refractivity contribution in [3.05, 3.63) is 119 Å². The van der Waals surface area contributed by atoms with Crippen molar-refractivity contribution in [3.8, 4) is 11.1 Å². The zero-order valence-corrected chi connectivity index (χ0v) is 20.5. The highest BCUT2D eigenvalue weighted by Crippen LogP contribution is 2.44. The van der Waals surface area contributed by atoms with Crippen LogP contribution >= 0.6 is 11.8 Å². The third-order valence-electron chi connectivity index (χ3n) is 6.37. The molecular weight excluding hydrogens is 473 g/mol. The molecule has 0 saturated heterocycles. The molecule has 4 nitrogen and oxygen atoms in total. The van der Waals surface area contributed by atoms with Crippen molar-refractivity contribution in [3.63, 3.8) is 0 Å². The van der Waals surface area contributed by atoms with Crippen LogP contribution in [0.4, 0.5) is 9.18 Å². The molecule has 0 atom stereocenters. The molecule has 1 N–H and O–H groups in total. The number of aryl methyl sites for hydroxylation is 1. The molecule has 4 aromatic carbocycles. The van der Waals surface area contributed by atoms with E-state index in [0.29, 0.717) is 16.7 Å². The fourth-order valence-electron chi connectivity index (χ4n) is 4.63. The van der Waals surface area contributed by atoms with Crippen LogP contribution in [0.15, 0.2) is 94.7 Å². The van der Waals surface area contributed by atoms with Crippen LogP contribution in [-0.2, 0) is 11.3 Å². The molecule has 0 saturated carbocycles. The number of carbonyl (C=O) groups is 2. The van der Waals surface area contributed by atoms with E-state index in [2.05, 4.69) is 29.6 Å². The molecule has 5 rings (SSSR count). The summed E-state index contributed by atoms with van der Waals surface area (Å²) in [5.74, 6) is -0.461. The maximum Gasteiger partial charge on any atom is 0.407 e. The van der Waals surface area contributed by atoms with Gasteiger partial charge in [0.25, 0.3) is 0 Å². The van der Waals surface area contributed by atoms with Crippen LogP contribution in [0.3, 0.4) is 0 Å². The summed E-state index contributed by atoms with van der Waals surface area (Å²) in [6.45, 7) is 2.47. The molecular formula is C30H24FNO3S. The molecule has 0 aliphatic heterocycles. The third kappa shape index (κ3) is 4.77. The highest BCUT2D eigenvalue weighted by atomic mass is 32.2. The van der Waals surface area contributed by atoms with Crippen LogP contribution in [-0.4, -0.2) is 19.0 Å². The van der Waals surface area contributed by atoms with E-state index < -0.39 is 11.9 Å². The van der Waals surface area contributed by atoms with E-state index >= 15 is 0 Å². The number of ether oxygens (including phenoxy) is 1. The lowest BCUT2D eigenvalue weighted by atomic mass is 9.98. The second-order valence-electron chi connectivity index (χ2n) is 8.64. The summed E-state index contributed by atoms with van der Waals surface area (Å²) in [7, 11) is 0. The summed E-state index contributed by atoms with van der Waals surface area (Å²) in [4.78, 5) is 25.7. The SMILES string of the molecule is Cc1cccc(CNC(=O)OCC2c3ccccc3-c3ccccc32)c1Sc1ccc(F)cc1C=O. The molecule has 1 aliphatic carbocycles. The normalized spacial score (nSPS) is 12.1. The fraction of sp³-hybridized carbons (Fsp3) is 0.133. The molecule has 180 valence electrons. The Morgan fingerprint density at radius 2 is 1.67 bits per heavy atom. The van der Waals surface area contributed by atoms with E-state index in [0.717, 1.165) is 27.1 Å². The summed E-state index contributed by atoms with van der Waals surface area (Å²) < 4.78 is 19.2. The minimum absolute atomic E-state index is 0.00604. The van der Waals surface area contributed by atoms with Gasteiger partial charge in [0.05, 0.1) is 0 Å². The maximum absolute atomic E-state index is 13.6. The smallest absolute Gasteiger partial charge is 0.407 e. The molecule has 1 amide bonds. The van der Waals surface area contributed by atoms with Crippen LogP contribution in [0.1, 0.15) is 38.5 Å². The van der Waals surface area contributed by atoms with E-state index in [1.165, 1.54) is 35.0 Å². The first kappa shape index (κ1) is 23.8. The standard InChI is InChI=1S/C30H24FNO3S/c1-19-7-6-8-20(29(19)36-28-14-13-22(31)15-21(28)17-33)16-32-30(34)35-18-27-25-11-4-2-9-23(25)24-10-3-5-12-26(24)27/h2-15,17,27H,16,18H2,1H3,(H,32,34). The molecule has 0 heterocycles. The molecule has 0 bridgehead atoms. The van der Waals surface area contributed by atoms with Gasteiger partial charge in [0, 0.05) is 27.8 Å². The van der Waals surface area contributed by atoms with E-state index in [-0.39, 0.29) is 19.1 Å². The van der Waals surface area contributed by atoms with Crippen LogP contribution in [0, 0.1) is 12.7 Å². The summed E-state index contributed by atoms with van der Waals surface area (Å²) in [5, 5.41) is 2.86. The Labute approximate surface area is 213 Å². The van der Waals surface area contributed by atoms with E-state index in [9.17, 15) is 14.0 Å². The zero-order valence-electron chi connectivity index (χ0n) is 19.7. The molecule has 0 fully saturated rings. The number of amides is 1. The van der Waals surface area contributed by atoms with Gasteiger partial charge in [-0.1, -0.05) is 78.5 Å². The van der Waals surface area contributed by atoms with Gasteiger partial charge in [-0.3, -0.25) is 4.79 Å². The quantitative estimate of drug-likeness (QED) is 0.276. The Kier molecular flexibility index (Phi) is 6.87. The molecule has 0 radical (unpaired) electrons. The van der Waals surface area contributed by atoms with Crippen molar-refractivity contribution < 1.29 is 18.7 Å². The van der Waals surface area contributed by atoms with Gasteiger partial charge in [-0.05, 0) is 58.5 Å². The maximum atomic E-state index is 13.6. The Balaban J connectivity index is 1.27. The monoisotopic (exact) mass is 497 g/mol. The number of fused-ring (bicyclic) bond motifs is 3. The number of hydrogen-bond donors (Lipinski definition) is 1. The van der Waals surface area contributed by atoms with E-state index in [1.54, 1.807) is 6.07 Å². The fourth-order valence-corrected chi connectivity index (χ4v) is 5.71.